The van der Waals surface area contributed by atoms with Gasteiger partial charge in [0, 0.05) is 20.1 Å². The third-order valence-corrected chi connectivity index (χ3v) is 8.70. The Morgan fingerprint density at radius 2 is 1.91 bits per heavy atom. The molecular formula is C23H27N3O5S2. The van der Waals surface area contributed by atoms with E-state index >= 15 is 0 Å². The zero-order valence-corrected chi connectivity index (χ0v) is 20.5. The summed E-state index contributed by atoms with van der Waals surface area (Å²) >= 11 is 1.41. The Morgan fingerprint density at radius 1 is 1.18 bits per heavy atom. The number of piperidine rings is 1. The van der Waals surface area contributed by atoms with E-state index in [1.54, 1.807) is 12.1 Å². The number of amides is 1. The van der Waals surface area contributed by atoms with E-state index in [1.807, 2.05) is 36.7 Å². The van der Waals surface area contributed by atoms with Crippen LogP contribution in [0.1, 0.15) is 19.8 Å². The van der Waals surface area contributed by atoms with Gasteiger partial charge in [0.15, 0.2) is 4.80 Å². The van der Waals surface area contributed by atoms with Crippen molar-refractivity contribution in [2.24, 2.45) is 18.0 Å². The van der Waals surface area contributed by atoms with E-state index in [9.17, 15) is 13.2 Å². The Morgan fingerprint density at radius 3 is 2.61 bits per heavy atom. The summed E-state index contributed by atoms with van der Waals surface area (Å²) in [5.41, 5.74) is 0.961. The molecule has 0 bridgehead atoms. The highest BCUT2D eigenvalue weighted by molar-refractivity contribution is 7.89. The van der Waals surface area contributed by atoms with Gasteiger partial charge in [0.2, 0.25) is 10.0 Å². The highest BCUT2D eigenvalue weighted by Gasteiger charge is 2.33. The van der Waals surface area contributed by atoms with Crippen LogP contribution in [0.5, 0.6) is 11.5 Å². The summed E-state index contributed by atoms with van der Waals surface area (Å²) in [6.07, 6.45) is 1.22. The van der Waals surface area contributed by atoms with Crippen LogP contribution < -0.4 is 14.3 Å². The maximum Gasteiger partial charge on any atom is 0.252 e. The monoisotopic (exact) mass is 489 g/mol. The number of ether oxygens (including phenoxy) is 2. The molecule has 33 heavy (non-hydrogen) atoms. The van der Waals surface area contributed by atoms with Gasteiger partial charge in [-0.3, -0.25) is 4.79 Å². The van der Waals surface area contributed by atoms with Gasteiger partial charge in [0.25, 0.3) is 5.91 Å². The molecule has 1 amide bonds. The van der Waals surface area contributed by atoms with Crippen molar-refractivity contribution in [1.82, 2.24) is 8.87 Å². The van der Waals surface area contributed by atoms with Crippen LogP contribution in [-0.2, 0) is 21.9 Å². The minimum atomic E-state index is -3.70. The van der Waals surface area contributed by atoms with Crippen molar-refractivity contribution in [2.45, 2.75) is 24.7 Å². The molecule has 0 radical (unpaired) electrons. The Hall–Kier alpha value is -2.69. The van der Waals surface area contributed by atoms with E-state index in [0.717, 1.165) is 16.0 Å². The highest BCUT2D eigenvalue weighted by Crippen LogP contribution is 2.26. The maximum absolute atomic E-state index is 13.1. The second-order valence-electron chi connectivity index (χ2n) is 7.83. The molecule has 1 aromatic heterocycles. The van der Waals surface area contributed by atoms with Gasteiger partial charge in [0.05, 0.1) is 34.7 Å². The first-order valence-electron chi connectivity index (χ1n) is 10.8. The van der Waals surface area contributed by atoms with E-state index < -0.39 is 15.9 Å². The molecule has 4 rings (SSSR count). The lowest BCUT2D eigenvalue weighted by atomic mass is 9.99. The number of aromatic nitrogens is 1. The van der Waals surface area contributed by atoms with Crippen molar-refractivity contribution in [3.05, 3.63) is 47.3 Å². The molecule has 0 saturated carbocycles. The fourth-order valence-electron chi connectivity index (χ4n) is 3.92. The van der Waals surface area contributed by atoms with Gasteiger partial charge in [0.1, 0.15) is 11.5 Å². The van der Waals surface area contributed by atoms with Crippen LogP contribution in [0.4, 0.5) is 0 Å². The Bertz CT molecular complexity index is 1330. The number of benzene rings is 2. The molecule has 1 aliphatic heterocycles. The summed E-state index contributed by atoms with van der Waals surface area (Å²) in [6, 6.07) is 12.1. The van der Waals surface area contributed by atoms with Gasteiger partial charge in [-0.05, 0) is 62.2 Å². The lowest BCUT2D eigenvalue weighted by Crippen LogP contribution is -2.42. The van der Waals surface area contributed by atoms with Crippen LogP contribution >= 0.6 is 11.3 Å². The number of rotatable bonds is 6. The van der Waals surface area contributed by atoms with Gasteiger partial charge in [-0.15, -0.1) is 0 Å². The van der Waals surface area contributed by atoms with Crippen LogP contribution in [0.2, 0.25) is 0 Å². The number of thiazole rings is 1. The third-order valence-electron chi connectivity index (χ3n) is 5.73. The molecule has 1 unspecified atom stereocenters. The van der Waals surface area contributed by atoms with Crippen LogP contribution in [0.25, 0.3) is 10.2 Å². The number of sulfonamides is 1. The predicted octanol–water partition coefficient (Wildman–Crippen LogP) is 3.18. The minimum absolute atomic E-state index is 0.125. The van der Waals surface area contributed by atoms with Crippen LogP contribution in [0, 0.1) is 5.92 Å². The van der Waals surface area contributed by atoms with Crippen LogP contribution in [0.15, 0.2) is 52.4 Å². The fourth-order valence-corrected chi connectivity index (χ4v) is 6.50. The molecule has 0 spiro atoms. The van der Waals surface area contributed by atoms with Gasteiger partial charge in [-0.2, -0.15) is 9.30 Å². The van der Waals surface area contributed by atoms with Gasteiger partial charge < -0.3 is 14.0 Å². The summed E-state index contributed by atoms with van der Waals surface area (Å²) in [7, 11) is -0.300. The van der Waals surface area contributed by atoms with Gasteiger partial charge in [-0.1, -0.05) is 11.3 Å². The Labute approximate surface area is 197 Å². The van der Waals surface area contributed by atoms with E-state index in [0.29, 0.717) is 36.5 Å². The van der Waals surface area contributed by atoms with E-state index in [1.165, 1.54) is 34.9 Å². The molecule has 2 aromatic carbocycles. The minimum Gasteiger partial charge on any atom is -0.497 e. The number of fused-ring (bicyclic) bond motifs is 1. The SMILES string of the molecule is CCOc1ccc2c(c1)sc(=NC(=O)C1CCCN(S(=O)(=O)c3ccc(OC)cc3)C1)n2C. The molecule has 8 nitrogen and oxygen atoms in total. The number of methoxy groups -OCH3 is 1. The number of aryl methyl sites for hydroxylation is 1. The average molecular weight is 490 g/mol. The molecule has 1 atom stereocenters. The number of hydrogen-bond acceptors (Lipinski definition) is 6. The zero-order valence-electron chi connectivity index (χ0n) is 18.9. The van der Waals surface area contributed by atoms with E-state index in [-0.39, 0.29) is 17.3 Å². The average Bonchev–Trinajstić information content (AvgIpc) is 3.13. The predicted molar refractivity (Wildman–Crippen MR) is 127 cm³/mol. The van der Waals surface area contributed by atoms with Crippen molar-refractivity contribution < 1.29 is 22.7 Å². The molecule has 1 fully saturated rings. The van der Waals surface area contributed by atoms with Crippen LogP contribution in [-0.4, -0.2) is 50.0 Å². The maximum atomic E-state index is 13.1. The lowest BCUT2D eigenvalue weighted by molar-refractivity contribution is -0.122. The molecule has 0 N–H and O–H groups in total. The van der Waals surface area contributed by atoms with Gasteiger partial charge >= 0.3 is 0 Å². The van der Waals surface area contributed by atoms with E-state index in [2.05, 4.69) is 4.99 Å². The van der Waals surface area contributed by atoms with E-state index in [4.69, 9.17) is 9.47 Å². The topological polar surface area (TPSA) is 90.2 Å². The van der Waals surface area contributed by atoms with Crippen molar-refractivity contribution in [1.29, 1.82) is 0 Å². The van der Waals surface area contributed by atoms with Crippen LogP contribution in [0.3, 0.4) is 0 Å². The molecule has 176 valence electrons. The largest absolute Gasteiger partial charge is 0.497 e. The second-order valence-corrected chi connectivity index (χ2v) is 10.8. The number of nitrogens with zero attached hydrogens (tertiary/aromatic N) is 3. The summed E-state index contributed by atoms with van der Waals surface area (Å²) in [5.74, 6) is 0.591. The number of hydrogen-bond donors (Lipinski definition) is 0. The Kier molecular flexibility index (Phi) is 6.87. The van der Waals surface area contributed by atoms with Crippen molar-refractivity contribution in [3.63, 3.8) is 0 Å². The first kappa shape index (κ1) is 23.5. The van der Waals surface area contributed by atoms with Gasteiger partial charge in [-0.25, -0.2) is 8.42 Å². The first-order valence-corrected chi connectivity index (χ1v) is 13.0. The zero-order chi connectivity index (χ0) is 23.6. The first-order chi connectivity index (χ1) is 15.8. The highest BCUT2D eigenvalue weighted by atomic mass is 32.2. The molecule has 1 aliphatic rings. The summed E-state index contributed by atoms with van der Waals surface area (Å²) in [6.45, 7) is 3.02. The van der Waals surface area contributed by atoms with Crippen molar-refractivity contribution >= 4 is 37.5 Å². The lowest BCUT2D eigenvalue weighted by Gasteiger charge is -2.30. The molecule has 0 aliphatic carbocycles. The molecule has 1 saturated heterocycles. The third kappa shape index (κ3) is 4.83. The molecular weight excluding hydrogens is 462 g/mol. The fraction of sp³-hybridized carbons (Fsp3) is 0.391. The summed E-state index contributed by atoms with van der Waals surface area (Å²) in [4.78, 5) is 18.2. The molecule has 3 aromatic rings. The summed E-state index contributed by atoms with van der Waals surface area (Å²) < 4.78 is 41.1. The Balaban J connectivity index is 1.56. The smallest absolute Gasteiger partial charge is 0.252 e. The van der Waals surface area contributed by atoms with Crippen molar-refractivity contribution in [3.8, 4) is 11.5 Å². The number of carbonyl (C=O) groups excluding carboxylic acids is 1. The molecule has 10 heteroatoms. The quantitative estimate of drug-likeness (QED) is 0.531. The number of carbonyl (C=O) groups is 1. The van der Waals surface area contributed by atoms with Crippen molar-refractivity contribution in [2.75, 3.05) is 26.8 Å². The summed E-state index contributed by atoms with van der Waals surface area (Å²) in [5, 5.41) is 0. The normalized spacial score (nSPS) is 17.9. The standard InChI is InChI=1S/C23H27N3O5S2/c1-4-31-18-9-12-20-21(14-18)32-23(25(20)2)24-22(27)16-6-5-13-26(15-16)33(28,29)19-10-7-17(30-3)8-11-19/h7-12,14,16H,4-6,13,15H2,1-3H3. The molecule has 2 heterocycles. The second kappa shape index (κ2) is 9.66.